The van der Waals surface area contributed by atoms with Crippen molar-refractivity contribution in [1.82, 2.24) is 0 Å². The highest BCUT2D eigenvalue weighted by Gasteiger charge is 2.28. The summed E-state index contributed by atoms with van der Waals surface area (Å²) in [6.45, 7) is 0.442. The number of para-hydroxylation sites is 1. The standard InChI is InChI=1S/C21H22BrNO4S/c1-25-21(24)16-9-7-15(8-10-16)13-17-11-12-19(23-17)20(27-28-22)14-26-18-5-3-2-4-6-18/h2-10,19-20H,11-14H2,1H3/t19-,20-/m1/s1. The van der Waals surface area contributed by atoms with Crippen molar-refractivity contribution in [3.8, 4) is 5.75 Å². The molecule has 1 heterocycles. The second-order valence-corrected chi connectivity index (χ2v) is 7.60. The number of hydrogen-bond donors (Lipinski definition) is 0. The van der Waals surface area contributed by atoms with Crippen molar-refractivity contribution in [2.45, 2.75) is 31.4 Å². The van der Waals surface area contributed by atoms with E-state index in [-0.39, 0.29) is 18.1 Å². The first-order valence-corrected chi connectivity index (χ1v) is 11.6. The van der Waals surface area contributed by atoms with Gasteiger partial charge in [-0.3, -0.25) is 9.18 Å². The van der Waals surface area contributed by atoms with Crippen molar-refractivity contribution in [3.63, 3.8) is 0 Å². The smallest absolute Gasteiger partial charge is 0.337 e. The maximum atomic E-state index is 11.5. The number of rotatable bonds is 9. The zero-order chi connectivity index (χ0) is 19.8. The van der Waals surface area contributed by atoms with Crippen LogP contribution < -0.4 is 4.74 Å². The van der Waals surface area contributed by atoms with Gasteiger partial charge in [-0.25, -0.2) is 4.79 Å². The van der Waals surface area contributed by atoms with Crippen molar-refractivity contribution < 1.29 is 18.5 Å². The summed E-state index contributed by atoms with van der Waals surface area (Å²) in [5.74, 6) is 0.499. The van der Waals surface area contributed by atoms with Gasteiger partial charge in [0.25, 0.3) is 0 Å². The summed E-state index contributed by atoms with van der Waals surface area (Å²) < 4.78 is 16.3. The van der Waals surface area contributed by atoms with Crippen LogP contribution in [0.2, 0.25) is 0 Å². The predicted octanol–water partition coefficient (Wildman–Crippen LogP) is 5.04. The number of benzene rings is 2. The zero-order valence-corrected chi connectivity index (χ0v) is 17.9. The van der Waals surface area contributed by atoms with Crippen molar-refractivity contribution >= 4 is 37.0 Å². The van der Waals surface area contributed by atoms with E-state index in [0.29, 0.717) is 12.2 Å². The third-order valence-electron chi connectivity index (χ3n) is 4.61. The minimum atomic E-state index is -0.324. The maximum absolute atomic E-state index is 11.5. The minimum absolute atomic E-state index is 0.0677. The van der Waals surface area contributed by atoms with E-state index in [1.807, 2.05) is 42.5 Å². The molecule has 2 aromatic rings. The third-order valence-corrected chi connectivity index (χ3v) is 5.38. The van der Waals surface area contributed by atoms with Gasteiger partial charge in [-0.15, -0.1) is 0 Å². The molecule has 1 aliphatic heterocycles. The van der Waals surface area contributed by atoms with Crippen molar-refractivity contribution in [3.05, 3.63) is 65.7 Å². The monoisotopic (exact) mass is 463 g/mol. The SMILES string of the molecule is COC(=O)c1ccc(CC2=N[C@@H]([C@@H](COc3ccccc3)OSBr)CC2)cc1. The quantitative estimate of drug-likeness (QED) is 0.385. The molecule has 0 saturated carbocycles. The highest BCUT2D eigenvalue weighted by molar-refractivity contribution is 9.49. The molecule has 0 bridgehead atoms. The van der Waals surface area contributed by atoms with Crippen LogP contribution in [0.1, 0.15) is 28.8 Å². The van der Waals surface area contributed by atoms with Crippen LogP contribution in [-0.4, -0.2) is 37.5 Å². The molecule has 1 aliphatic rings. The molecular weight excluding hydrogens is 442 g/mol. The number of halogens is 1. The molecule has 2 atom stereocenters. The Morgan fingerprint density at radius 1 is 1.21 bits per heavy atom. The van der Waals surface area contributed by atoms with E-state index in [0.717, 1.165) is 46.8 Å². The van der Waals surface area contributed by atoms with E-state index in [4.69, 9.17) is 18.6 Å². The van der Waals surface area contributed by atoms with Crippen LogP contribution in [0.5, 0.6) is 5.75 Å². The molecule has 0 unspecified atom stereocenters. The fourth-order valence-corrected chi connectivity index (χ4v) is 4.00. The molecule has 3 rings (SSSR count). The first-order valence-electron chi connectivity index (χ1n) is 9.04. The average molecular weight is 464 g/mol. The van der Waals surface area contributed by atoms with Gasteiger partial charge < -0.3 is 9.47 Å². The van der Waals surface area contributed by atoms with Crippen LogP contribution in [0, 0.1) is 0 Å². The fourth-order valence-electron chi connectivity index (χ4n) is 3.14. The summed E-state index contributed by atoms with van der Waals surface area (Å²) >= 11 is 3.27. The average Bonchev–Trinajstić information content (AvgIpc) is 3.20. The number of esters is 1. The van der Waals surface area contributed by atoms with Gasteiger partial charge >= 0.3 is 5.97 Å². The molecule has 0 aromatic heterocycles. The lowest BCUT2D eigenvalue weighted by Gasteiger charge is -2.20. The summed E-state index contributed by atoms with van der Waals surface area (Å²) in [7, 11) is 2.55. The van der Waals surface area contributed by atoms with E-state index >= 15 is 0 Å². The summed E-state index contributed by atoms with van der Waals surface area (Å²) in [4.78, 5) is 16.4. The molecule has 0 saturated heterocycles. The molecule has 7 heteroatoms. The minimum Gasteiger partial charge on any atom is -0.491 e. The molecule has 0 amide bonds. The van der Waals surface area contributed by atoms with Crippen molar-refractivity contribution in [2.75, 3.05) is 13.7 Å². The van der Waals surface area contributed by atoms with Gasteiger partial charge in [0.1, 0.15) is 18.5 Å². The first-order chi connectivity index (χ1) is 13.7. The number of ether oxygens (including phenoxy) is 2. The van der Waals surface area contributed by atoms with Crippen LogP contribution in [0.25, 0.3) is 0 Å². The van der Waals surface area contributed by atoms with Gasteiger partial charge in [0.2, 0.25) is 0 Å². The Bertz CT molecular complexity index is 798. The number of nitrogens with zero attached hydrogens (tertiary/aromatic N) is 1. The lowest BCUT2D eigenvalue weighted by Crippen LogP contribution is -2.30. The number of aliphatic imine (C=N–C) groups is 1. The summed E-state index contributed by atoms with van der Waals surface area (Å²) in [5, 5.41) is 0. The summed E-state index contributed by atoms with van der Waals surface area (Å²) in [6, 6.07) is 17.2. The van der Waals surface area contributed by atoms with Crippen LogP contribution >= 0.6 is 25.3 Å². The molecule has 5 nitrogen and oxygen atoms in total. The lowest BCUT2D eigenvalue weighted by atomic mass is 10.0. The van der Waals surface area contributed by atoms with Crippen molar-refractivity contribution in [2.24, 2.45) is 4.99 Å². The first kappa shape index (κ1) is 20.9. The highest BCUT2D eigenvalue weighted by atomic mass is 79.9. The molecular formula is C21H22BrNO4S. The second-order valence-electron chi connectivity index (χ2n) is 6.49. The normalized spacial score (nSPS) is 17.1. The molecule has 0 aliphatic carbocycles. The number of methoxy groups -OCH3 is 1. The maximum Gasteiger partial charge on any atom is 0.337 e. The Labute approximate surface area is 176 Å². The van der Waals surface area contributed by atoms with Crippen molar-refractivity contribution in [1.29, 1.82) is 0 Å². The van der Waals surface area contributed by atoms with E-state index in [1.54, 1.807) is 12.1 Å². The molecule has 0 radical (unpaired) electrons. The summed E-state index contributed by atoms with van der Waals surface area (Å²) in [6.07, 6.45) is 2.50. The molecule has 0 N–H and O–H groups in total. The number of carbonyl (C=O) groups is 1. The fraction of sp³-hybridized carbons (Fsp3) is 0.333. The Morgan fingerprint density at radius 2 is 1.96 bits per heavy atom. The Kier molecular flexibility index (Phi) is 7.94. The van der Waals surface area contributed by atoms with Gasteiger partial charge in [0.05, 0.1) is 29.2 Å². The van der Waals surface area contributed by atoms with E-state index < -0.39 is 0 Å². The van der Waals surface area contributed by atoms with Gasteiger partial charge in [0.15, 0.2) is 0 Å². The van der Waals surface area contributed by atoms with Gasteiger partial charge in [-0.1, -0.05) is 30.3 Å². The lowest BCUT2D eigenvalue weighted by molar-refractivity contribution is 0.0600. The zero-order valence-electron chi connectivity index (χ0n) is 15.5. The third kappa shape index (κ3) is 5.83. The van der Waals surface area contributed by atoms with Crippen LogP contribution in [-0.2, 0) is 15.3 Å². The van der Waals surface area contributed by atoms with Crippen LogP contribution in [0.4, 0.5) is 0 Å². The van der Waals surface area contributed by atoms with E-state index in [9.17, 15) is 4.79 Å². The van der Waals surface area contributed by atoms with E-state index in [2.05, 4.69) is 14.8 Å². The molecule has 2 aromatic carbocycles. The molecule has 0 fully saturated rings. The predicted molar refractivity (Wildman–Crippen MR) is 115 cm³/mol. The van der Waals surface area contributed by atoms with Crippen LogP contribution in [0.15, 0.2) is 59.6 Å². The highest BCUT2D eigenvalue weighted by Crippen LogP contribution is 2.26. The van der Waals surface area contributed by atoms with E-state index in [1.165, 1.54) is 7.11 Å². The largest absolute Gasteiger partial charge is 0.491 e. The van der Waals surface area contributed by atoms with Gasteiger partial charge in [-0.05, 0) is 42.7 Å². The van der Waals surface area contributed by atoms with Crippen LogP contribution in [0.3, 0.4) is 0 Å². The molecule has 0 spiro atoms. The Morgan fingerprint density at radius 3 is 2.64 bits per heavy atom. The Balaban J connectivity index is 1.59. The molecule has 148 valence electrons. The second kappa shape index (κ2) is 10.6. The van der Waals surface area contributed by atoms with Gasteiger partial charge in [0, 0.05) is 26.9 Å². The summed E-state index contributed by atoms with van der Waals surface area (Å²) in [5.41, 5.74) is 2.82. The molecule has 28 heavy (non-hydrogen) atoms. The number of carbonyl (C=O) groups excluding carboxylic acids is 1. The number of hydrogen-bond acceptors (Lipinski definition) is 6. The Hall–Kier alpha value is -1.83. The topological polar surface area (TPSA) is 57.1 Å². The van der Waals surface area contributed by atoms with Gasteiger partial charge in [-0.2, -0.15) is 0 Å².